The van der Waals surface area contributed by atoms with Gasteiger partial charge in [-0.05, 0) is 69.4 Å². The van der Waals surface area contributed by atoms with Crippen LogP contribution < -0.4 is 0 Å². The standard InChI is InChI=1S/C22H25N3O/c1-14-12-15(2)20-17(13-14)16(3)21(24-20)22(26)25-11-7-5-9-19(25)18-8-4-6-10-23-18/h4,6,8,10,12-13,19,24H,5,7,9,11H2,1-3H3. The molecule has 3 aromatic rings. The van der Waals surface area contributed by atoms with E-state index in [1.165, 1.54) is 11.1 Å². The molecule has 1 unspecified atom stereocenters. The van der Waals surface area contributed by atoms with Crippen LogP contribution in [0.1, 0.15) is 58.2 Å². The molecule has 1 aliphatic heterocycles. The average molecular weight is 347 g/mol. The zero-order valence-electron chi connectivity index (χ0n) is 15.7. The van der Waals surface area contributed by atoms with E-state index < -0.39 is 0 Å². The summed E-state index contributed by atoms with van der Waals surface area (Å²) < 4.78 is 0. The number of aryl methyl sites for hydroxylation is 3. The Morgan fingerprint density at radius 2 is 2.04 bits per heavy atom. The van der Waals surface area contributed by atoms with Crippen LogP contribution >= 0.6 is 0 Å². The Morgan fingerprint density at radius 1 is 1.19 bits per heavy atom. The summed E-state index contributed by atoms with van der Waals surface area (Å²) in [6, 6.07) is 10.3. The highest BCUT2D eigenvalue weighted by Crippen LogP contribution is 2.33. The fourth-order valence-corrected chi connectivity index (χ4v) is 4.20. The van der Waals surface area contributed by atoms with Gasteiger partial charge in [0.15, 0.2) is 0 Å². The average Bonchev–Trinajstić information content (AvgIpc) is 2.99. The van der Waals surface area contributed by atoms with Crippen molar-refractivity contribution in [1.29, 1.82) is 0 Å². The molecule has 3 heterocycles. The molecule has 0 saturated carbocycles. The molecule has 4 heteroatoms. The Morgan fingerprint density at radius 3 is 2.81 bits per heavy atom. The van der Waals surface area contributed by atoms with E-state index in [1.54, 1.807) is 0 Å². The second kappa shape index (κ2) is 6.60. The number of likely N-dealkylation sites (tertiary alicyclic amines) is 1. The van der Waals surface area contributed by atoms with Crippen molar-refractivity contribution in [3.05, 3.63) is 64.6 Å². The van der Waals surface area contributed by atoms with Crippen molar-refractivity contribution >= 4 is 16.8 Å². The fraction of sp³-hybridized carbons (Fsp3) is 0.364. The monoisotopic (exact) mass is 347 g/mol. The lowest BCUT2D eigenvalue weighted by Gasteiger charge is -2.35. The van der Waals surface area contributed by atoms with E-state index in [1.807, 2.05) is 36.2 Å². The minimum absolute atomic E-state index is 0.0612. The summed E-state index contributed by atoms with van der Waals surface area (Å²) in [5.74, 6) is 0.0890. The largest absolute Gasteiger partial charge is 0.350 e. The molecule has 134 valence electrons. The van der Waals surface area contributed by atoms with E-state index in [-0.39, 0.29) is 11.9 Å². The van der Waals surface area contributed by atoms with Gasteiger partial charge in [-0.15, -0.1) is 0 Å². The Balaban J connectivity index is 1.75. The lowest BCUT2D eigenvalue weighted by atomic mass is 9.98. The van der Waals surface area contributed by atoms with Crippen LogP contribution in [-0.4, -0.2) is 27.3 Å². The number of pyridine rings is 1. The number of nitrogens with one attached hydrogen (secondary N) is 1. The van der Waals surface area contributed by atoms with E-state index in [4.69, 9.17) is 0 Å². The number of benzene rings is 1. The zero-order chi connectivity index (χ0) is 18.3. The van der Waals surface area contributed by atoms with Crippen molar-refractivity contribution < 1.29 is 4.79 Å². The number of aromatic nitrogens is 2. The van der Waals surface area contributed by atoms with Gasteiger partial charge in [0.1, 0.15) is 5.69 Å². The number of carbonyl (C=O) groups excluding carboxylic acids is 1. The summed E-state index contributed by atoms with van der Waals surface area (Å²) in [5.41, 5.74) is 6.23. The first-order valence-corrected chi connectivity index (χ1v) is 9.37. The predicted molar refractivity (Wildman–Crippen MR) is 104 cm³/mol. The maximum atomic E-state index is 13.4. The van der Waals surface area contributed by atoms with Crippen molar-refractivity contribution in [3.63, 3.8) is 0 Å². The minimum atomic E-state index is 0.0612. The molecule has 1 saturated heterocycles. The maximum absolute atomic E-state index is 13.4. The number of rotatable bonds is 2. The molecule has 1 aliphatic rings. The van der Waals surface area contributed by atoms with Gasteiger partial charge >= 0.3 is 0 Å². The molecule has 2 aromatic heterocycles. The van der Waals surface area contributed by atoms with Crippen LogP contribution in [0, 0.1) is 20.8 Å². The normalized spacial score (nSPS) is 17.7. The number of hydrogen-bond acceptors (Lipinski definition) is 2. The minimum Gasteiger partial charge on any atom is -0.350 e. The molecule has 0 spiro atoms. The second-order valence-corrected chi connectivity index (χ2v) is 7.39. The van der Waals surface area contributed by atoms with Crippen LogP contribution in [0.3, 0.4) is 0 Å². The van der Waals surface area contributed by atoms with Crippen molar-refractivity contribution in [1.82, 2.24) is 14.9 Å². The highest BCUT2D eigenvalue weighted by molar-refractivity contribution is 6.02. The van der Waals surface area contributed by atoms with E-state index >= 15 is 0 Å². The number of fused-ring (bicyclic) bond motifs is 1. The second-order valence-electron chi connectivity index (χ2n) is 7.39. The quantitative estimate of drug-likeness (QED) is 0.720. The summed E-state index contributed by atoms with van der Waals surface area (Å²) in [5, 5.41) is 1.15. The molecule has 26 heavy (non-hydrogen) atoms. The Kier molecular flexibility index (Phi) is 4.27. The third-order valence-electron chi connectivity index (χ3n) is 5.52. The Bertz CT molecular complexity index is 958. The molecule has 0 bridgehead atoms. The van der Waals surface area contributed by atoms with Gasteiger partial charge in [0.05, 0.1) is 11.7 Å². The van der Waals surface area contributed by atoms with Crippen molar-refractivity contribution in [2.24, 2.45) is 0 Å². The van der Waals surface area contributed by atoms with E-state index in [9.17, 15) is 4.79 Å². The molecule has 4 nitrogen and oxygen atoms in total. The molecule has 1 fully saturated rings. The predicted octanol–water partition coefficient (Wildman–Crippen LogP) is 4.86. The van der Waals surface area contributed by atoms with Crippen molar-refractivity contribution in [2.75, 3.05) is 6.54 Å². The van der Waals surface area contributed by atoms with Crippen LogP contribution in [0.25, 0.3) is 10.9 Å². The highest BCUT2D eigenvalue weighted by Gasteiger charge is 2.31. The first-order valence-electron chi connectivity index (χ1n) is 9.37. The SMILES string of the molecule is Cc1cc(C)c2[nH]c(C(=O)N3CCCCC3c3ccccn3)c(C)c2c1. The summed E-state index contributed by atoms with van der Waals surface area (Å²) in [7, 11) is 0. The lowest BCUT2D eigenvalue weighted by molar-refractivity contribution is 0.0600. The van der Waals surface area contributed by atoms with Crippen molar-refractivity contribution in [2.45, 2.75) is 46.1 Å². The third-order valence-corrected chi connectivity index (χ3v) is 5.52. The van der Waals surface area contributed by atoms with E-state index in [2.05, 4.69) is 35.9 Å². The topological polar surface area (TPSA) is 49.0 Å². The van der Waals surface area contributed by atoms with Crippen LogP contribution in [0.2, 0.25) is 0 Å². The summed E-state index contributed by atoms with van der Waals surface area (Å²) in [4.78, 5) is 23.4. The lowest BCUT2D eigenvalue weighted by Crippen LogP contribution is -2.39. The van der Waals surface area contributed by atoms with E-state index in [0.717, 1.165) is 53.7 Å². The fourth-order valence-electron chi connectivity index (χ4n) is 4.20. The van der Waals surface area contributed by atoms with Crippen molar-refractivity contribution in [3.8, 4) is 0 Å². The Labute approximate surface area is 154 Å². The number of amides is 1. The number of H-pyrrole nitrogens is 1. The summed E-state index contributed by atoms with van der Waals surface area (Å²) >= 11 is 0. The molecule has 4 rings (SSSR count). The van der Waals surface area contributed by atoms with Crippen LogP contribution in [0.4, 0.5) is 0 Å². The van der Waals surface area contributed by atoms with Crippen LogP contribution in [-0.2, 0) is 0 Å². The number of piperidine rings is 1. The van der Waals surface area contributed by atoms with E-state index in [0.29, 0.717) is 0 Å². The summed E-state index contributed by atoms with van der Waals surface area (Å²) in [6.45, 7) is 7.02. The third kappa shape index (κ3) is 2.79. The van der Waals surface area contributed by atoms with Gasteiger partial charge < -0.3 is 9.88 Å². The van der Waals surface area contributed by atoms with Gasteiger partial charge in [-0.3, -0.25) is 9.78 Å². The molecule has 1 atom stereocenters. The molecular weight excluding hydrogens is 322 g/mol. The Hall–Kier alpha value is -2.62. The molecule has 1 aromatic carbocycles. The van der Waals surface area contributed by atoms with Gasteiger partial charge in [0, 0.05) is 23.6 Å². The molecule has 1 N–H and O–H groups in total. The smallest absolute Gasteiger partial charge is 0.271 e. The van der Waals surface area contributed by atoms with Gasteiger partial charge in [-0.1, -0.05) is 17.7 Å². The first-order chi connectivity index (χ1) is 12.6. The highest BCUT2D eigenvalue weighted by atomic mass is 16.2. The summed E-state index contributed by atoms with van der Waals surface area (Å²) in [6.07, 6.45) is 4.97. The number of carbonyl (C=O) groups is 1. The molecule has 0 aliphatic carbocycles. The maximum Gasteiger partial charge on any atom is 0.271 e. The first kappa shape index (κ1) is 16.8. The van der Waals surface area contributed by atoms with Gasteiger partial charge in [-0.2, -0.15) is 0 Å². The molecule has 1 amide bonds. The van der Waals surface area contributed by atoms with Gasteiger partial charge in [0.25, 0.3) is 5.91 Å². The van der Waals surface area contributed by atoms with Gasteiger partial charge in [-0.25, -0.2) is 0 Å². The number of hydrogen-bond donors (Lipinski definition) is 1. The number of nitrogens with zero attached hydrogens (tertiary/aromatic N) is 2. The van der Waals surface area contributed by atoms with Crippen LogP contribution in [0.5, 0.6) is 0 Å². The van der Waals surface area contributed by atoms with Gasteiger partial charge in [0.2, 0.25) is 0 Å². The number of aromatic amines is 1. The zero-order valence-corrected chi connectivity index (χ0v) is 15.7. The van der Waals surface area contributed by atoms with Crippen LogP contribution in [0.15, 0.2) is 36.5 Å². The molecule has 0 radical (unpaired) electrons. The molecular formula is C22H25N3O.